The third-order valence-electron chi connectivity index (χ3n) is 5.11. The molecule has 1 aliphatic rings. The molecule has 8 nitrogen and oxygen atoms in total. The highest BCUT2D eigenvalue weighted by Gasteiger charge is 2.47. The van der Waals surface area contributed by atoms with Gasteiger partial charge in [-0.1, -0.05) is 60.7 Å². The fourth-order valence-electron chi connectivity index (χ4n) is 3.61. The second-order valence-electron chi connectivity index (χ2n) is 7.44. The highest BCUT2D eigenvalue weighted by atomic mass is 32.2. The van der Waals surface area contributed by atoms with Crippen LogP contribution in [0.15, 0.2) is 60.7 Å². The Morgan fingerprint density at radius 3 is 2.10 bits per heavy atom. The minimum absolute atomic E-state index is 0.0553. The number of rotatable bonds is 10. The van der Waals surface area contributed by atoms with Crippen molar-refractivity contribution in [1.29, 1.82) is 0 Å². The largest absolute Gasteiger partial charge is 0.388 e. The van der Waals surface area contributed by atoms with Crippen LogP contribution >= 0.6 is 0 Å². The topological polar surface area (TPSA) is 112 Å². The van der Waals surface area contributed by atoms with Crippen molar-refractivity contribution in [3.63, 3.8) is 0 Å². The molecule has 0 amide bonds. The van der Waals surface area contributed by atoms with Gasteiger partial charge in [0, 0.05) is 7.11 Å². The van der Waals surface area contributed by atoms with Crippen LogP contribution in [0.3, 0.4) is 0 Å². The lowest BCUT2D eigenvalue weighted by Gasteiger charge is -2.43. The number of benzene rings is 2. The maximum atomic E-state index is 11.6. The molecule has 170 valence electrons. The molecule has 0 aliphatic carbocycles. The van der Waals surface area contributed by atoms with Crippen molar-refractivity contribution in [2.45, 2.75) is 37.8 Å². The molecule has 2 N–H and O–H groups in total. The van der Waals surface area contributed by atoms with Crippen LogP contribution in [0.2, 0.25) is 0 Å². The number of hydrogen-bond donors (Lipinski definition) is 2. The summed E-state index contributed by atoms with van der Waals surface area (Å²) in [7, 11) is -2.99. The number of aliphatic hydroxyl groups excluding tert-OH is 1. The Balaban J connectivity index is 1.71. The third-order valence-corrected chi connectivity index (χ3v) is 5.92. The van der Waals surface area contributed by atoms with Crippen LogP contribution < -0.4 is 0 Å². The molecule has 1 heterocycles. The molecule has 1 fully saturated rings. The molecule has 0 saturated carbocycles. The van der Waals surface area contributed by atoms with E-state index in [-0.39, 0.29) is 13.2 Å². The van der Waals surface area contributed by atoms with Crippen molar-refractivity contribution in [1.82, 2.24) is 0 Å². The lowest BCUT2D eigenvalue weighted by atomic mass is 9.92. The van der Waals surface area contributed by atoms with Crippen LogP contribution in [0.5, 0.6) is 0 Å². The molecule has 1 aliphatic heterocycles. The molecular weight excluding hydrogens is 424 g/mol. The Hall–Kier alpha value is -1.85. The van der Waals surface area contributed by atoms with E-state index < -0.39 is 46.4 Å². The van der Waals surface area contributed by atoms with Gasteiger partial charge in [-0.2, -0.15) is 8.42 Å². The van der Waals surface area contributed by atoms with Gasteiger partial charge in [-0.25, -0.2) is 0 Å². The van der Waals surface area contributed by atoms with Crippen LogP contribution in [-0.4, -0.2) is 62.1 Å². The maximum absolute atomic E-state index is 11.6. The van der Waals surface area contributed by atoms with Crippen LogP contribution in [0.4, 0.5) is 0 Å². The quantitative estimate of drug-likeness (QED) is 0.527. The average molecular weight is 453 g/mol. The summed E-state index contributed by atoms with van der Waals surface area (Å²) in [5.41, 5.74) is 1.83. The Morgan fingerprint density at radius 2 is 1.55 bits per heavy atom. The number of methoxy groups -OCH3 is 1. The summed E-state index contributed by atoms with van der Waals surface area (Å²) in [4.78, 5) is 0. The van der Waals surface area contributed by atoms with Gasteiger partial charge in [-0.3, -0.25) is 4.55 Å². The fourth-order valence-corrected chi connectivity index (χ4v) is 4.45. The molecule has 5 atom stereocenters. The van der Waals surface area contributed by atoms with E-state index in [1.165, 1.54) is 7.11 Å². The standard InChI is InChI=1S/C22H28O8S/c1-27-22-18(15-31(24,25)26)21(29-13-17-10-6-3-7-11-17)20(23)19(30-22)14-28-12-16-8-4-2-5-9-16/h2-11,18-23H,12-15H2,1H3,(H,24,25,26)/t18-,19-,20-,21-,22+/m1/s1. The molecule has 0 radical (unpaired) electrons. The third kappa shape index (κ3) is 7.08. The molecule has 31 heavy (non-hydrogen) atoms. The van der Waals surface area contributed by atoms with Gasteiger partial charge < -0.3 is 24.1 Å². The van der Waals surface area contributed by atoms with E-state index in [1.807, 2.05) is 60.7 Å². The van der Waals surface area contributed by atoms with Crippen molar-refractivity contribution in [2.24, 2.45) is 5.92 Å². The highest BCUT2D eigenvalue weighted by molar-refractivity contribution is 7.85. The second-order valence-corrected chi connectivity index (χ2v) is 8.94. The Morgan fingerprint density at radius 1 is 0.968 bits per heavy atom. The molecule has 0 aromatic heterocycles. The van der Waals surface area contributed by atoms with Crippen molar-refractivity contribution in [3.8, 4) is 0 Å². The van der Waals surface area contributed by atoms with Gasteiger partial charge >= 0.3 is 0 Å². The minimum Gasteiger partial charge on any atom is -0.388 e. The first kappa shape index (κ1) is 23.8. The predicted octanol–water partition coefficient (Wildman–Crippen LogP) is 2.02. The highest BCUT2D eigenvalue weighted by Crippen LogP contribution is 2.31. The zero-order valence-corrected chi connectivity index (χ0v) is 18.1. The monoisotopic (exact) mass is 452 g/mol. The Labute approximate surface area is 182 Å². The first-order valence-corrected chi connectivity index (χ1v) is 11.6. The van der Waals surface area contributed by atoms with Gasteiger partial charge in [0.1, 0.15) is 12.2 Å². The van der Waals surface area contributed by atoms with E-state index in [9.17, 15) is 18.1 Å². The van der Waals surface area contributed by atoms with Crippen molar-refractivity contribution < 1.29 is 37.0 Å². The van der Waals surface area contributed by atoms with E-state index in [0.29, 0.717) is 6.61 Å². The van der Waals surface area contributed by atoms with Crippen molar-refractivity contribution in [3.05, 3.63) is 71.8 Å². The van der Waals surface area contributed by atoms with Crippen LogP contribution in [-0.2, 0) is 42.3 Å². The van der Waals surface area contributed by atoms with Crippen molar-refractivity contribution in [2.75, 3.05) is 19.5 Å². The Bertz CT molecular complexity index is 890. The smallest absolute Gasteiger partial charge is 0.265 e. The molecule has 9 heteroatoms. The SMILES string of the molecule is CO[C@H]1O[C@H](COCc2ccccc2)[C@@H](O)[C@H](OCc2ccccc2)[C@H]1CS(=O)(=O)O. The lowest BCUT2D eigenvalue weighted by molar-refractivity contribution is -0.286. The molecular formula is C22H28O8S. The summed E-state index contributed by atoms with van der Waals surface area (Å²) in [6.07, 6.45) is -3.94. The van der Waals surface area contributed by atoms with Gasteiger partial charge in [0.15, 0.2) is 6.29 Å². The van der Waals surface area contributed by atoms with Gasteiger partial charge in [-0.05, 0) is 11.1 Å². The van der Waals surface area contributed by atoms with Gasteiger partial charge in [-0.15, -0.1) is 0 Å². The van der Waals surface area contributed by atoms with Gasteiger partial charge in [0.05, 0.1) is 37.6 Å². The Kier molecular flexibility index (Phi) is 8.56. The van der Waals surface area contributed by atoms with Crippen LogP contribution in [0.1, 0.15) is 11.1 Å². The molecule has 2 aromatic carbocycles. The zero-order valence-electron chi connectivity index (χ0n) is 17.2. The second kappa shape index (κ2) is 11.1. The summed E-state index contributed by atoms with van der Waals surface area (Å²) >= 11 is 0. The van der Waals surface area contributed by atoms with E-state index in [4.69, 9.17) is 18.9 Å². The summed E-state index contributed by atoms with van der Waals surface area (Å²) in [6, 6.07) is 18.8. The van der Waals surface area contributed by atoms with Crippen LogP contribution in [0, 0.1) is 5.92 Å². The molecule has 3 rings (SSSR count). The fraction of sp³-hybridized carbons (Fsp3) is 0.455. The molecule has 2 aromatic rings. The lowest BCUT2D eigenvalue weighted by Crippen LogP contribution is -2.58. The average Bonchev–Trinajstić information content (AvgIpc) is 2.75. The van der Waals surface area contributed by atoms with E-state index in [1.54, 1.807) is 0 Å². The maximum Gasteiger partial charge on any atom is 0.265 e. The van der Waals surface area contributed by atoms with Gasteiger partial charge in [0.25, 0.3) is 10.1 Å². The normalized spacial score (nSPS) is 26.6. The number of hydrogen-bond acceptors (Lipinski definition) is 7. The van der Waals surface area contributed by atoms with Crippen molar-refractivity contribution >= 4 is 10.1 Å². The molecule has 0 spiro atoms. The first-order chi connectivity index (χ1) is 14.9. The number of aliphatic hydroxyl groups is 1. The molecule has 0 unspecified atom stereocenters. The van der Waals surface area contributed by atoms with E-state index >= 15 is 0 Å². The minimum atomic E-state index is -4.36. The van der Waals surface area contributed by atoms with E-state index in [2.05, 4.69) is 0 Å². The molecule has 1 saturated heterocycles. The summed E-state index contributed by atoms with van der Waals surface area (Å²) in [5.74, 6) is -1.59. The summed E-state index contributed by atoms with van der Waals surface area (Å²) in [6.45, 7) is 0.535. The summed E-state index contributed by atoms with van der Waals surface area (Å²) < 4.78 is 55.3. The first-order valence-electron chi connectivity index (χ1n) is 9.96. The van der Waals surface area contributed by atoms with Gasteiger partial charge in [0.2, 0.25) is 0 Å². The van der Waals surface area contributed by atoms with E-state index in [0.717, 1.165) is 11.1 Å². The van der Waals surface area contributed by atoms with Crippen LogP contribution in [0.25, 0.3) is 0 Å². The molecule has 0 bridgehead atoms. The zero-order chi connectivity index (χ0) is 22.3. The predicted molar refractivity (Wildman–Crippen MR) is 113 cm³/mol. The number of ether oxygens (including phenoxy) is 4. The summed E-state index contributed by atoms with van der Waals surface area (Å²) in [5, 5.41) is 10.9.